The lowest BCUT2D eigenvalue weighted by Gasteiger charge is -2.33. The standard InChI is InChI=1S/C18H22N2O4S/c1-11-15(21)20-13-9-12(5-6-14(13)25-11)16(22)19-10-18(17(23)24)7-3-2-4-8-18/h5-6,9,11H,2-4,7-8,10H2,1H3,(H,19,22)(H,20,21)(H,23,24). The van der Waals surface area contributed by atoms with Crippen LogP contribution in [-0.4, -0.2) is 34.7 Å². The fourth-order valence-electron chi connectivity index (χ4n) is 3.40. The molecule has 1 saturated carbocycles. The molecule has 2 amide bonds. The highest BCUT2D eigenvalue weighted by molar-refractivity contribution is 8.00. The maximum absolute atomic E-state index is 12.5. The number of carboxylic acids is 1. The van der Waals surface area contributed by atoms with Crippen molar-refractivity contribution >= 4 is 35.2 Å². The number of thioether (sulfide) groups is 1. The van der Waals surface area contributed by atoms with E-state index in [0.717, 1.165) is 24.2 Å². The lowest BCUT2D eigenvalue weighted by Crippen LogP contribution is -2.44. The van der Waals surface area contributed by atoms with Gasteiger partial charge in [-0.25, -0.2) is 0 Å². The van der Waals surface area contributed by atoms with Crippen LogP contribution >= 0.6 is 11.8 Å². The number of amides is 2. The molecule has 0 spiro atoms. The van der Waals surface area contributed by atoms with Crippen molar-refractivity contribution in [2.45, 2.75) is 49.2 Å². The van der Waals surface area contributed by atoms with Crippen molar-refractivity contribution in [3.63, 3.8) is 0 Å². The Labute approximate surface area is 150 Å². The van der Waals surface area contributed by atoms with Crippen LogP contribution < -0.4 is 10.6 Å². The predicted molar refractivity (Wildman–Crippen MR) is 95.9 cm³/mol. The second-order valence-corrected chi connectivity index (χ2v) is 8.17. The van der Waals surface area contributed by atoms with E-state index in [2.05, 4.69) is 10.6 Å². The van der Waals surface area contributed by atoms with E-state index in [1.807, 2.05) is 13.0 Å². The van der Waals surface area contributed by atoms with Gasteiger partial charge in [-0.2, -0.15) is 0 Å². The van der Waals surface area contributed by atoms with E-state index in [-0.39, 0.29) is 23.6 Å². The SMILES string of the molecule is CC1Sc2ccc(C(=O)NCC3(C(=O)O)CCCCC3)cc2NC1=O. The predicted octanol–water partition coefficient (Wildman–Crippen LogP) is 2.88. The number of rotatable bonds is 4. The van der Waals surface area contributed by atoms with Gasteiger partial charge in [-0.3, -0.25) is 14.4 Å². The van der Waals surface area contributed by atoms with Gasteiger partial charge in [0.25, 0.3) is 5.91 Å². The molecular formula is C18H22N2O4S. The average Bonchev–Trinajstić information content (AvgIpc) is 2.61. The monoisotopic (exact) mass is 362 g/mol. The highest BCUT2D eigenvalue weighted by Crippen LogP contribution is 2.37. The maximum Gasteiger partial charge on any atom is 0.311 e. The third-order valence-corrected chi connectivity index (χ3v) is 6.20. The Kier molecular flexibility index (Phi) is 5.03. The molecule has 0 bridgehead atoms. The zero-order valence-electron chi connectivity index (χ0n) is 14.1. The summed E-state index contributed by atoms with van der Waals surface area (Å²) >= 11 is 1.46. The van der Waals surface area contributed by atoms with Crippen molar-refractivity contribution in [2.75, 3.05) is 11.9 Å². The molecule has 7 heteroatoms. The molecule has 1 aromatic rings. The van der Waals surface area contributed by atoms with Crippen LogP contribution in [0.1, 0.15) is 49.4 Å². The topological polar surface area (TPSA) is 95.5 Å². The molecule has 0 aromatic heterocycles. The summed E-state index contributed by atoms with van der Waals surface area (Å²) in [5.74, 6) is -1.23. The minimum atomic E-state index is -0.860. The number of benzene rings is 1. The quantitative estimate of drug-likeness (QED) is 0.765. The van der Waals surface area contributed by atoms with Crippen molar-refractivity contribution in [2.24, 2.45) is 5.41 Å². The van der Waals surface area contributed by atoms with Gasteiger partial charge in [0.15, 0.2) is 0 Å². The first-order valence-electron chi connectivity index (χ1n) is 8.54. The molecule has 1 aromatic carbocycles. The molecule has 0 radical (unpaired) electrons. The van der Waals surface area contributed by atoms with Gasteiger partial charge in [0.2, 0.25) is 5.91 Å². The average molecular weight is 362 g/mol. The molecule has 1 unspecified atom stereocenters. The molecule has 134 valence electrons. The molecular weight excluding hydrogens is 340 g/mol. The van der Waals surface area contributed by atoms with Crippen LogP contribution in [-0.2, 0) is 9.59 Å². The van der Waals surface area contributed by atoms with Gasteiger partial charge in [0, 0.05) is 17.0 Å². The molecule has 0 saturated heterocycles. The van der Waals surface area contributed by atoms with Crippen LogP contribution in [0, 0.1) is 5.41 Å². The second-order valence-electron chi connectivity index (χ2n) is 6.79. The summed E-state index contributed by atoms with van der Waals surface area (Å²) in [4.78, 5) is 36.9. The third-order valence-electron chi connectivity index (χ3n) is 5.02. The lowest BCUT2D eigenvalue weighted by atomic mass is 9.74. The van der Waals surface area contributed by atoms with E-state index >= 15 is 0 Å². The number of carbonyl (C=O) groups excluding carboxylic acids is 2. The first-order valence-corrected chi connectivity index (χ1v) is 9.42. The first-order chi connectivity index (χ1) is 11.9. The summed E-state index contributed by atoms with van der Waals surface area (Å²) in [6, 6.07) is 5.17. The molecule has 1 aliphatic carbocycles. The Hall–Kier alpha value is -2.02. The van der Waals surface area contributed by atoms with Gasteiger partial charge in [-0.15, -0.1) is 11.8 Å². The van der Waals surface area contributed by atoms with Gasteiger partial charge in [-0.1, -0.05) is 19.3 Å². The Morgan fingerprint density at radius 1 is 1.32 bits per heavy atom. The van der Waals surface area contributed by atoms with Gasteiger partial charge in [0.1, 0.15) is 0 Å². The second kappa shape index (κ2) is 7.07. The molecule has 3 N–H and O–H groups in total. The smallest absolute Gasteiger partial charge is 0.311 e. The number of carboxylic acid groups (broad SMARTS) is 1. The summed E-state index contributed by atoms with van der Waals surface area (Å²) < 4.78 is 0. The number of aliphatic carboxylic acids is 1. The Morgan fingerprint density at radius 2 is 2.04 bits per heavy atom. The van der Waals surface area contributed by atoms with E-state index in [1.54, 1.807) is 12.1 Å². The van der Waals surface area contributed by atoms with Crippen molar-refractivity contribution in [3.05, 3.63) is 23.8 Å². The van der Waals surface area contributed by atoms with Gasteiger partial charge >= 0.3 is 5.97 Å². The van der Waals surface area contributed by atoms with Gasteiger partial charge < -0.3 is 15.7 Å². The van der Waals surface area contributed by atoms with Gasteiger partial charge in [-0.05, 0) is 38.0 Å². The number of anilines is 1. The Morgan fingerprint density at radius 3 is 2.72 bits per heavy atom. The molecule has 1 aliphatic heterocycles. The van der Waals surface area contributed by atoms with Crippen LogP contribution in [0.25, 0.3) is 0 Å². The van der Waals surface area contributed by atoms with Crippen molar-refractivity contribution in [1.29, 1.82) is 0 Å². The molecule has 1 heterocycles. The van der Waals surface area contributed by atoms with Crippen LogP contribution in [0.15, 0.2) is 23.1 Å². The molecule has 6 nitrogen and oxygen atoms in total. The van der Waals surface area contributed by atoms with Crippen LogP contribution in [0.2, 0.25) is 0 Å². The highest BCUT2D eigenvalue weighted by Gasteiger charge is 2.39. The summed E-state index contributed by atoms with van der Waals surface area (Å²) in [6.07, 6.45) is 3.99. The normalized spacial score (nSPS) is 21.8. The molecule has 1 fully saturated rings. The molecule has 1 atom stereocenters. The fourth-order valence-corrected chi connectivity index (χ4v) is 4.33. The van der Waals surface area contributed by atoms with E-state index in [9.17, 15) is 19.5 Å². The van der Waals surface area contributed by atoms with Gasteiger partial charge in [0.05, 0.1) is 16.4 Å². The Bertz CT molecular complexity index is 713. The zero-order valence-corrected chi connectivity index (χ0v) is 14.9. The van der Waals surface area contributed by atoms with Crippen LogP contribution in [0.4, 0.5) is 5.69 Å². The fraction of sp³-hybridized carbons (Fsp3) is 0.500. The van der Waals surface area contributed by atoms with E-state index in [1.165, 1.54) is 11.8 Å². The van der Waals surface area contributed by atoms with Crippen molar-refractivity contribution in [1.82, 2.24) is 5.32 Å². The van der Waals surface area contributed by atoms with E-state index in [0.29, 0.717) is 24.1 Å². The molecule has 3 rings (SSSR count). The Balaban J connectivity index is 1.70. The van der Waals surface area contributed by atoms with E-state index < -0.39 is 11.4 Å². The van der Waals surface area contributed by atoms with Crippen molar-refractivity contribution < 1.29 is 19.5 Å². The minimum Gasteiger partial charge on any atom is -0.481 e. The lowest BCUT2D eigenvalue weighted by molar-refractivity contribution is -0.150. The summed E-state index contributed by atoms with van der Waals surface area (Å²) in [5.41, 5.74) is 0.193. The highest BCUT2D eigenvalue weighted by atomic mass is 32.2. The summed E-state index contributed by atoms with van der Waals surface area (Å²) in [6.45, 7) is 1.97. The largest absolute Gasteiger partial charge is 0.481 e. The number of hydrogen-bond donors (Lipinski definition) is 3. The molecule has 25 heavy (non-hydrogen) atoms. The third kappa shape index (κ3) is 3.66. The van der Waals surface area contributed by atoms with E-state index in [4.69, 9.17) is 0 Å². The number of hydrogen-bond acceptors (Lipinski definition) is 4. The summed E-state index contributed by atoms with van der Waals surface area (Å²) in [5, 5.41) is 15.0. The molecule has 2 aliphatic rings. The summed E-state index contributed by atoms with van der Waals surface area (Å²) in [7, 11) is 0. The number of fused-ring (bicyclic) bond motifs is 1. The zero-order chi connectivity index (χ0) is 18.0. The van der Waals surface area contributed by atoms with Crippen LogP contribution in [0.3, 0.4) is 0 Å². The first kappa shape index (κ1) is 17.8. The number of nitrogens with one attached hydrogen (secondary N) is 2. The number of carbonyl (C=O) groups is 3. The van der Waals surface area contributed by atoms with Crippen LogP contribution in [0.5, 0.6) is 0 Å². The maximum atomic E-state index is 12.5. The minimum absolute atomic E-state index is 0.0814. The van der Waals surface area contributed by atoms with Crippen molar-refractivity contribution in [3.8, 4) is 0 Å².